The fourth-order valence-electron chi connectivity index (χ4n) is 2.66. The maximum Gasteiger partial charge on any atom is 0.258 e. The number of amides is 1. The van der Waals surface area contributed by atoms with Gasteiger partial charge in [0.1, 0.15) is 11.4 Å². The molecule has 1 amide bonds. The van der Waals surface area contributed by atoms with Gasteiger partial charge in [0.25, 0.3) is 5.91 Å². The number of rotatable bonds is 7. The van der Waals surface area contributed by atoms with Crippen molar-refractivity contribution in [3.05, 3.63) is 52.2 Å². The molecule has 0 saturated heterocycles. The molecular formula is C18H21NO3S. The van der Waals surface area contributed by atoms with E-state index in [9.17, 15) is 9.90 Å². The van der Waals surface area contributed by atoms with Crippen LogP contribution in [0.15, 0.2) is 41.8 Å². The molecule has 0 aliphatic heterocycles. The lowest BCUT2D eigenvalue weighted by Crippen LogP contribution is -2.43. The summed E-state index contributed by atoms with van der Waals surface area (Å²) in [6.45, 7) is 2.13. The van der Waals surface area contributed by atoms with Crippen LogP contribution in [0, 0.1) is 12.8 Å². The van der Waals surface area contributed by atoms with Crippen molar-refractivity contribution in [3.8, 4) is 5.75 Å². The van der Waals surface area contributed by atoms with Gasteiger partial charge in [0, 0.05) is 4.88 Å². The number of carbonyl (C=O) groups is 1. The van der Waals surface area contributed by atoms with Crippen LogP contribution in [0.5, 0.6) is 5.75 Å². The van der Waals surface area contributed by atoms with E-state index < -0.39 is 5.60 Å². The molecular weight excluding hydrogens is 310 g/mol. The van der Waals surface area contributed by atoms with Gasteiger partial charge in [-0.1, -0.05) is 24.3 Å². The number of aryl methyl sites for hydroxylation is 1. The molecule has 1 aromatic heterocycles. The average molecular weight is 331 g/mol. The van der Waals surface area contributed by atoms with Crippen LogP contribution in [0.4, 0.5) is 0 Å². The number of benzene rings is 1. The molecule has 0 bridgehead atoms. The first kappa shape index (κ1) is 16.0. The summed E-state index contributed by atoms with van der Waals surface area (Å²) in [5.74, 6) is 0.723. The molecule has 3 rings (SSSR count). The third kappa shape index (κ3) is 3.74. The minimum absolute atomic E-state index is 0.0456. The van der Waals surface area contributed by atoms with Gasteiger partial charge in [-0.15, -0.1) is 11.3 Å². The van der Waals surface area contributed by atoms with Crippen LogP contribution < -0.4 is 10.1 Å². The Bertz CT molecular complexity index is 667. The first-order chi connectivity index (χ1) is 11.1. The molecule has 1 fully saturated rings. The van der Waals surface area contributed by atoms with E-state index in [1.54, 1.807) is 0 Å². The summed E-state index contributed by atoms with van der Waals surface area (Å²) in [5.41, 5.74) is 0.0420. The van der Waals surface area contributed by atoms with Gasteiger partial charge < -0.3 is 15.2 Å². The molecule has 1 aromatic carbocycles. The van der Waals surface area contributed by atoms with Crippen LogP contribution in [0.3, 0.4) is 0 Å². The maximum absolute atomic E-state index is 12.0. The number of aliphatic hydroxyl groups is 1. The Labute approximate surface area is 140 Å². The van der Waals surface area contributed by atoms with Gasteiger partial charge in [0.2, 0.25) is 0 Å². The Hall–Kier alpha value is -1.85. The fraction of sp³-hybridized carbons (Fsp3) is 0.389. The number of hydrogen-bond donors (Lipinski definition) is 2. The molecule has 2 aromatic rings. The Morgan fingerprint density at radius 3 is 2.78 bits per heavy atom. The minimum Gasteiger partial charge on any atom is -0.484 e. The van der Waals surface area contributed by atoms with Gasteiger partial charge in [-0.2, -0.15) is 0 Å². The van der Waals surface area contributed by atoms with Gasteiger partial charge in [-0.3, -0.25) is 4.79 Å². The number of thiophene rings is 1. The molecule has 1 heterocycles. The predicted octanol–water partition coefficient (Wildman–Crippen LogP) is 2.85. The van der Waals surface area contributed by atoms with E-state index >= 15 is 0 Å². The summed E-state index contributed by atoms with van der Waals surface area (Å²) in [5, 5.41) is 15.7. The second-order valence-electron chi connectivity index (χ2n) is 6.01. The van der Waals surface area contributed by atoms with Crippen molar-refractivity contribution in [2.45, 2.75) is 25.4 Å². The number of hydrogen-bond acceptors (Lipinski definition) is 4. The van der Waals surface area contributed by atoms with Gasteiger partial charge in [-0.25, -0.2) is 0 Å². The first-order valence-corrected chi connectivity index (χ1v) is 8.69. The van der Waals surface area contributed by atoms with Crippen molar-refractivity contribution >= 4 is 17.2 Å². The zero-order valence-corrected chi connectivity index (χ0v) is 13.9. The quantitative estimate of drug-likeness (QED) is 0.820. The summed E-state index contributed by atoms with van der Waals surface area (Å²) < 4.78 is 5.54. The summed E-state index contributed by atoms with van der Waals surface area (Å²) in [6, 6.07) is 11.4. The molecule has 1 unspecified atom stereocenters. The number of para-hydroxylation sites is 1. The van der Waals surface area contributed by atoms with Gasteiger partial charge in [-0.05, 0) is 48.8 Å². The van der Waals surface area contributed by atoms with E-state index in [2.05, 4.69) is 5.32 Å². The SMILES string of the molecule is Cc1ccccc1OCC(=O)NCC(O)(c1cccs1)C1CC1. The zero-order valence-electron chi connectivity index (χ0n) is 13.1. The highest BCUT2D eigenvalue weighted by atomic mass is 32.1. The van der Waals surface area contributed by atoms with Crippen molar-refractivity contribution < 1.29 is 14.6 Å². The molecule has 1 atom stereocenters. The fourth-order valence-corrected chi connectivity index (χ4v) is 3.57. The van der Waals surface area contributed by atoms with E-state index in [0.29, 0.717) is 5.75 Å². The Kier molecular flexibility index (Phi) is 4.68. The molecule has 0 radical (unpaired) electrons. The molecule has 122 valence electrons. The lowest BCUT2D eigenvalue weighted by Gasteiger charge is -2.27. The largest absolute Gasteiger partial charge is 0.484 e. The van der Waals surface area contributed by atoms with Crippen LogP contribution in [0.25, 0.3) is 0 Å². The van der Waals surface area contributed by atoms with Gasteiger partial charge in [0.15, 0.2) is 6.61 Å². The molecule has 5 heteroatoms. The maximum atomic E-state index is 12.0. The second-order valence-corrected chi connectivity index (χ2v) is 6.95. The Morgan fingerprint density at radius 1 is 1.35 bits per heavy atom. The van der Waals surface area contributed by atoms with Gasteiger partial charge in [0.05, 0.1) is 6.54 Å². The number of carbonyl (C=O) groups excluding carboxylic acids is 1. The van der Waals surface area contributed by atoms with Gasteiger partial charge >= 0.3 is 0 Å². The predicted molar refractivity (Wildman–Crippen MR) is 90.6 cm³/mol. The monoisotopic (exact) mass is 331 g/mol. The summed E-state index contributed by atoms with van der Waals surface area (Å²) in [4.78, 5) is 13.0. The normalized spacial score (nSPS) is 16.6. The standard InChI is InChI=1S/C18H21NO3S/c1-13-5-2-3-6-15(13)22-11-17(20)19-12-18(21,14-8-9-14)16-7-4-10-23-16/h2-7,10,14,21H,8-9,11-12H2,1H3,(H,19,20). The van der Waals surface area contributed by atoms with E-state index in [1.807, 2.05) is 48.7 Å². The van der Waals surface area contributed by atoms with Crippen molar-refractivity contribution in [1.82, 2.24) is 5.32 Å². The Balaban J connectivity index is 1.55. The minimum atomic E-state index is -0.952. The van der Waals surface area contributed by atoms with Crippen LogP contribution in [-0.4, -0.2) is 24.2 Å². The van der Waals surface area contributed by atoms with Crippen molar-refractivity contribution in [1.29, 1.82) is 0 Å². The first-order valence-electron chi connectivity index (χ1n) is 7.81. The zero-order chi connectivity index (χ0) is 16.3. The van der Waals surface area contributed by atoms with E-state index in [-0.39, 0.29) is 25.0 Å². The molecule has 1 aliphatic carbocycles. The lowest BCUT2D eigenvalue weighted by molar-refractivity contribution is -0.124. The van der Waals surface area contributed by atoms with Crippen LogP contribution in [0.2, 0.25) is 0 Å². The molecule has 1 saturated carbocycles. The lowest BCUT2D eigenvalue weighted by atomic mass is 9.95. The third-order valence-corrected chi connectivity index (χ3v) is 5.24. The number of ether oxygens (including phenoxy) is 1. The summed E-state index contributed by atoms with van der Waals surface area (Å²) in [6.07, 6.45) is 2.01. The molecule has 1 aliphatic rings. The summed E-state index contributed by atoms with van der Waals surface area (Å²) >= 11 is 1.53. The van der Waals surface area contributed by atoms with Crippen molar-refractivity contribution in [2.24, 2.45) is 5.92 Å². The molecule has 2 N–H and O–H groups in total. The van der Waals surface area contributed by atoms with E-state index in [4.69, 9.17) is 4.74 Å². The van der Waals surface area contributed by atoms with Crippen LogP contribution >= 0.6 is 11.3 Å². The van der Waals surface area contributed by atoms with Crippen molar-refractivity contribution in [2.75, 3.05) is 13.2 Å². The van der Waals surface area contributed by atoms with Crippen molar-refractivity contribution in [3.63, 3.8) is 0 Å². The van der Waals surface area contributed by atoms with E-state index in [0.717, 1.165) is 23.3 Å². The molecule has 4 nitrogen and oxygen atoms in total. The van der Waals surface area contributed by atoms with Crippen LogP contribution in [-0.2, 0) is 10.4 Å². The smallest absolute Gasteiger partial charge is 0.258 e. The molecule has 23 heavy (non-hydrogen) atoms. The average Bonchev–Trinajstić information content (AvgIpc) is 3.27. The summed E-state index contributed by atoms with van der Waals surface area (Å²) in [7, 11) is 0. The highest BCUT2D eigenvalue weighted by Gasteiger charge is 2.45. The Morgan fingerprint density at radius 2 is 2.13 bits per heavy atom. The van der Waals surface area contributed by atoms with E-state index in [1.165, 1.54) is 11.3 Å². The third-order valence-electron chi connectivity index (χ3n) is 4.21. The highest BCUT2D eigenvalue weighted by Crippen LogP contribution is 2.46. The molecule has 0 spiro atoms. The topological polar surface area (TPSA) is 58.6 Å². The number of nitrogens with one attached hydrogen (secondary N) is 1. The van der Waals surface area contributed by atoms with Crippen LogP contribution in [0.1, 0.15) is 23.3 Å². The second kappa shape index (κ2) is 6.72. The highest BCUT2D eigenvalue weighted by molar-refractivity contribution is 7.10.